The molecule has 166 valence electrons. The second-order valence-electron chi connectivity index (χ2n) is 7.29. The summed E-state index contributed by atoms with van der Waals surface area (Å²) in [5.74, 6) is 0.868. The van der Waals surface area contributed by atoms with Gasteiger partial charge in [-0.1, -0.05) is 29.3 Å². The number of hydrogen-bond donors (Lipinski definition) is 4. The zero-order valence-electron chi connectivity index (χ0n) is 16.8. The fourth-order valence-electron chi connectivity index (χ4n) is 3.38. The number of likely N-dealkylation sites (tertiary alicyclic amines) is 1. The van der Waals surface area contributed by atoms with Crippen LogP contribution in [0.4, 0.5) is 17.5 Å². The molecule has 0 aliphatic carbocycles. The molecule has 2 heterocycles. The standard InChI is InChI=1S/C19H24Cl2N8O2/c20-14-2-1-13(15(21)9-14)3-6-24-19-26-11-16(29(30)31)17(27-19)25-10-12-4-7-28(8-5-12)18(22)23/h1-2,9,11-12H,3-8,10H2,(H3,22,23)(H2,24,25,26,27). The summed E-state index contributed by atoms with van der Waals surface area (Å²) in [5.41, 5.74) is 6.27. The van der Waals surface area contributed by atoms with Crippen LogP contribution in [0.1, 0.15) is 18.4 Å². The van der Waals surface area contributed by atoms with Gasteiger partial charge in [-0.05, 0) is 42.9 Å². The van der Waals surface area contributed by atoms with Crippen LogP contribution >= 0.6 is 23.2 Å². The fraction of sp³-hybridized carbons (Fsp3) is 0.421. The van der Waals surface area contributed by atoms with Crippen molar-refractivity contribution >= 4 is 46.6 Å². The summed E-state index contributed by atoms with van der Waals surface area (Å²) in [5, 5.41) is 26.2. The van der Waals surface area contributed by atoms with E-state index in [1.54, 1.807) is 12.1 Å². The Labute approximate surface area is 189 Å². The monoisotopic (exact) mass is 466 g/mol. The van der Waals surface area contributed by atoms with E-state index in [4.69, 9.17) is 34.3 Å². The third-order valence-electron chi connectivity index (χ3n) is 5.17. The van der Waals surface area contributed by atoms with Gasteiger partial charge < -0.3 is 21.3 Å². The van der Waals surface area contributed by atoms with Crippen LogP contribution in [-0.2, 0) is 6.42 Å². The SMILES string of the molecule is N=C(N)N1CCC(CNc2nc(NCCc3ccc(Cl)cc3Cl)ncc2[N+](=O)[O-])CC1. The van der Waals surface area contributed by atoms with Gasteiger partial charge in [0.25, 0.3) is 0 Å². The van der Waals surface area contributed by atoms with Crippen molar-refractivity contribution in [2.24, 2.45) is 11.7 Å². The van der Waals surface area contributed by atoms with E-state index in [1.165, 1.54) is 6.20 Å². The smallest absolute Gasteiger partial charge is 0.329 e. The molecule has 10 nitrogen and oxygen atoms in total. The highest BCUT2D eigenvalue weighted by atomic mass is 35.5. The predicted molar refractivity (Wildman–Crippen MR) is 122 cm³/mol. The quantitative estimate of drug-likeness (QED) is 0.200. The maximum Gasteiger partial charge on any atom is 0.329 e. The molecule has 1 aliphatic rings. The van der Waals surface area contributed by atoms with Crippen LogP contribution in [0, 0.1) is 21.4 Å². The number of benzene rings is 1. The van der Waals surface area contributed by atoms with Crippen LogP contribution in [0.2, 0.25) is 10.0 Å². The van der Waals surface area contributed by atoms with Crippen molar-refractivity contribution in [2.45, 2.75) is 19.3 Å². The number of hydrogen-bond acceptors (Lipinski definition) is 7. The van der Waals surface area contributed by atoms with Crippen LogP contribution in [-0.4, -0.2) is 51.9 Å². The van der Waals surface area contributed by atoms with Gasteiger partial charge in [-0.2, -0.15) is 4.98 Å². The highest BCUT2D eigenvalue weighted by Crippen LogP contribution is 2.25. The summed E-state index contributed by atoms with van der Waals surface area (Å²) in [6.07, 6.45) is 3.51. The normalized spacial score (nSPS) is 14.3. The average Bonchev–Trinajstić information content (AvgIpc) is 2.74. The molecule has 0 radical (unpaired) electrons. The van der Waals surface area contributed by atoms with E-state index in [-0.39, 0.29) is 17.5 Å². The number of aromatic nitrogens is 2. The topological polar surface area (TPSA) is 146 Å². The van der Waals surface area contributed by atoms with Crippen LogP contribution < -0.4 is 16.4 Å². The minimum absolute atomic E-state index is 0.0773. The number of nitrogens with one attached hydrogen (secondary N) is 3. The van der Waals surface area contributed by atoms with E-state index in [2.05, 4.69) is 20.6 Å². The summed E-state index contributed by atoms with van der Waals surface area (Å²) >= 11 is 12.1. The lowest BCUT2D eigenvalue weighted by Gasteiger charge is -2.32. The maximum absolute atomic E-state index is 11.4. The Hall–Kier alpha value is -2.85. The van der Waals surface area contributed by atoms with Crippen LogP contribution in [0.15, 0.2) is 24.4 Å². The lowest BCUT2D eigenvalue weighted by Crippen LogP contribution is -2.43. The number of rotatable bonds is 8. The first kappa shape index (κ1) is 22.8. The van der Waals surface area contributed by atoms with E-state index in [9.17, 15) is 10.1 Å². The molecule has 1 aliphatic heterocycles. The molecule has 1 saturated heterocycles. The number of nitro groups is 1. The minimum Gasteiger partial charge on any atom is -0.370 e. The summed E-state index contributed by atoms with van der Waals surface area (Å²) in [6.45, 7) is 2.45. The molecule has 3 rings (SSSR count). The molecule has 1 aromatic heterocycles. The molecular weight excluding hydrogens is 443 g/mol. The molecule has 5 N–H and O–H groups in total. The van der Waals surface area contributed by atoms with Crippen LogP contribution in [0.3, 0.4) is 0 Å². The number of piperidine rings is 1. The zero-order chi connectivity index (χ0) is 22.4. The molecule has 0 spiro atoms. The Kier molecular flexibility index (Phi) is 7.69. The fourth-order valence-corrected chi connectivity index (χ4v) is 3.88. The van der Waals surface area contributed by atoms with Gasteiger partial charge in [-0.25, -0.2) is 4.98 Å². The third-order valence-corrected chi connectivity index (χ3v) is 5.76. The van der Waals surface area contributed by atoms with E-state index in [0.29, 0.717) is 54.5 Å². The molecule has 0 saturated carbocycles. The van der Waals surface area contributed by atoms with Gasteiger partial charge in [0.2, 0.25) is 11.8 Å². The first-order valence-electron chi connectivity index (χ1n) is 9.85. The van der Waals surface area contributed by atoms with Crippen molar-refractivity contribution < 1.29 is 4.92 Å². The average molecular weight is 467 g/mol. The summed E-state index contributed by atoms with van der Waals surface area (Å²) in [4.78, 5) is 21.0. The summed E-state index contributed by atoms with van der Waals surface area (Å²) < 4.78 is 0. The van der Waals surface area contributed by atoms with Gasteiger partial charge in [0.15, 0.2) is 5.96 Å². The number of halogens is 2. The van der Waals surface area contributed by atoms with Crippen molar-refractivity contribution in [3.63, 3.8) is 0 Å². The van der Waals surface area contributed by atoms with Gasteiger partial charge in [0.05, 0.1) is 4.92 Å². The minimum atomic E-state index is -0.502. The second-order valence-corrected chi connectivity index (χ2v) is 8.14. The molecule has 0 bridgehead atoms. The van der Waals surface area contributed by atoms with Crippen molar-refractivity contribution in [1.29, 1.82) is 5.41 Å². The molecule has 2 aromatic rings. The van der Waals surface area contributed by atoms with Gasteiger partial charge in [0.1, 0.15) is 6.20 Å². The van der Waals surface area contributed by atoms with Gasteiger partial charge >= 0.3 is 5.69 Å². The lowest BCUT2D eigenvalue weighted by atomic mass is 9.97. The molecule has 31 heavy (non-hydrogen) atoms. The predicted octanol–water partition coefficient (Wildman–Crippen LogP) is 3.36. The summed E-state index contributed by atoms with van der Waals surface area (Å²) in [7, 11) is 0. The number of guanidine groups is 1. The lowest BCUT2D eigenvalue weighted by molar-refractivity contribution is -0.384. The molecule has 1 aromatic carbocycles. The first-order valence-corrected chi connectivity index (χ1v) is 10.6. The van der Waals surface area contributed by atoms with Crippen molar-refractivity contribution in [1.82, 2.24) is 14.9 Å². The molecule has 0 atom stereocenters. The van der Waals surface area contributed by atoms with Gasteiger partial charge in [0, 0.05) is 36.2 Å². The highest BCUT2D eigenvalue weighted by Gasteiger charge is 2.22. The van der Waals surface area contributed by atoms with E-state index < -0.39 is 4.92 Å². The van der Waals surface area contributed by atoms with E-state index in [1.807, 2.05) is 11.0 Å². The molecule has 0 amide bonds. The molecule has 0 unspecified atom stereocenters. The Morgan fingerprint density at radius 1 is 1.32 bits per heavy atom. The van der Waals surface area contributed by atoms with Gasteiger partial charge in [-0.3, -0.25) is 15.5 Å². The zero-order valence-corrected chi connectivity index (χ0v) is 18.3. The van der Waals surface area contributed by atoms with E-state index in [0.717, 1.165) is 18.4 Å². The first-order chi connectivity index (χ1) is 14.8. The largest absolute Gasteiger partial charge is 0.370 e. The number of nitrogens with two attached hydrogens (primary N) is 1. The summed E-state index contributed by atoms with van der Waals surface area (Å²) in [6, 6.07) is 5.31. The van der Waals surface area contributed by atoms with Crippen LogP contribution in [0.25, 0.3) is 0 Å². The number of anilines is 2. The number of nitrogens with zero attached hydrogens (tertiary/aromatic N) is 4. The highest BCUT2D eigenvalue weighted by molar-refractivity contribution is 6.35. The third kappa shape index (κ3) is 6.31. The van der Waals surface area contributed by atoms with Crippen molar-refractivity contribution in [3.05, 3.63) is 50.1 Å². The molecule has 1 fully saturated rings. The van der Waals surface area contributed by atoms with E-state index >= 15 is 0 Å². The Morgan fingerprint density at radius 2 is 2.06 bits per heavy atom. The Bertz CT molecular complexity index is 951. The van der Waals surface area contributed by atoms with Crippen LogP contribution in [0.5, 0.6) is 0 Å². The Morgan fingerprint density at radius 3 is 2.71 bits per heavy atom. The second kappa shape index (κ2) is 10.5. The maximum atomic E-state index is 11.4. The van der Waals surface area contributed by atoms with Gasteiger partial charge in [-0.15, -0.1) is 0 Å². The molecule has 12 heteroatoms. The Balaban J connectivity index is 1.58. The molecular formula is C19H24Cl2N8O2. The van der Waals surface area contributed by atoms with Crippen molar-refractivity contribution in [3.8, 4) is 0 Å². The van der Waals surface area contributed by atoms with Crippen molar-refractivity contribution in [2.75, 3.05) is 36.8 Å².